The summed E-state index contributed by atoms with van der Waals surface area (Å²) < 4.78 is 6.44. The molecule has 2 aromatic heterocycles. The Bertz CT molecular complexity index is 883. The van der Waals surface area contributed by atoms with E-state index in [9.17, 15) is 19.2 Å². The third-order valence-electron chi connectivity index (χ3n) is 4.33. The van der Waals surface area contributed by atoms with Crippen LogP contribution in [0.3, 0.4) is 0 Å². The lowest BCUT2D eigenvalue weighted by Crippen LogP contribution is -2.38. The van der Waals surface area contributed by atoms with Gasteiger partial charge in [0, 0.05) is 51.4 Å². The number of carbonyl (C=O) groups excluding carboxylic acids is 2. The van der Waals surface area contributed by atoms with E-state index in [4.69, 9.17) is 4.42 Å². The van der Waals surface area contributed by atoms with E-state index in [0.29, 0.717) is 38.4 Å². The van der Waals surface area contributed by atoms with Crippen LogP contribution in [0.15, 0.2) is 44.7 Å². The van der Waals surface area contributed by atoms with Gasteiger partial charge in [0.25, 0.3) is 11.5 Å². The number of hydrogen-bond acceptors (Lipinski definition) is 5. The number of carbonyl (C=O) groups is 2. The molecule has 3 rings (SSSR count). The number of aryl methyl sites for hydroxylation is 1. The lowest BCUT2D eigenvalue weighted by Gasteiger charge is -2.21. The van der Waals surface area contributed by atoms with Crippen LogP contribution >= 0.6 is 0 Å². The lowest BCUT2D eigenvalue weighted by atomic mass is 10.3. The molecule has 0 aliphatic carbocycles. The second kappa shape index (κ2) is 7.85. The Morgan fingerprint density at radius 1 is 1.08 bits per heavy atom. The topological polar surface area (TPSA) is 109 Å². The summed E-state index contributed by atoms with van der Waals surface area (Å²) in [4.78, 5) is 53.0. The Hall–Kier alpha value is -3.10. The molecule has 9 nitrogen and oxygen atoms in total. The second-order valence-corrected chi connectivity index (χ2v) is 6.06. The predicted octanol–water partition coefficient (Wildman–Crippen LogP) is -0.106. The number of H-pyrrole nitrogens is 1. The first-order valence-corrected chi connectivity index (χ1v) is 8.45. The third kappa shape index (κ3) is 4.11. The summed E-state index contributed by atoms with van der Waals surface area (Å²) in [5.41, 5.74) is -0.997. The van der Waals surface area contributed by atoms with Gasteiger partial charge in [0.05, 0.1) is 6.26 Å². The van der Waals surface area contributed by atoms with E-state index in [1.165, 1.54) is 23.1 Å². The number of hydrogen-bond donors (Lipinski definition) is 1. The van der Waals surface area contributed by atoms with E-state index in [1.807, 2.05) is 0 Å². The average molecular weight is 360 g/mol. The van der Waals surface area contributed by atoms with E-state index in [2.05, 4.69) is 4.98 Å². The number of aromatic nitrogens is 2. The number of nitrogens with zero attached hydrogens (tertiary/aromatic N) is 3. The van der Waals surface area contributed by atoms with Crippen LogP contribution in [0.5, 0.6) is 0 Å². The molecule has 26 heavy (non-hydrogen) atoms. The summed E-state index contributed by atoms with van der Waals surface area (Å²) in [6.45, 7) is 2.18. The largest absolute Gasteiger partial charge is 0.459 e. The van der Waals surface area contributed by atoms with E-state index in [-0.39, 0.29) is 24.8 Å². The van der Waals surface area contributed by atoms with E-state index in [0.717, 1.165) is 0 Å². The van der Waals surface area contributed by atoms with Gasteiger partial charge in [0.2, 0.25) is 5.91 Å². The van der Waals surface area contributed by atoms with Crippen LogP contribution < -0.4 is 11.2 Å². The van der Waals surface area contributed by atoms with E-state index >= 15 is 0 Å². The van der Waals surface area contributed by atoms with Crippen molar-refractivity contribution in [1.82, 2.24) is 19.4 Å². The van der Waals surface area contributed by atoms with Gasteiger partial charge in [-0.15, -0.1) is 0 Å². The number of furan rings is 1. The van der Waals surface area contributed by atoms with Gasteiger partial charge in [0.1, 0.15) is 0 Å². The highest BCUT2D eigenvalue weighted by atomic mass is 16.3. The van der Waals surface area contributed by atoms with Gasteiger partial charge in [-0.05, 0) is 18.6 Å². The summed E-state index contributed by atoms with van der Waals surface area (Å²) >= 11 is 0. The van der Waals surface area contributed by atoms with Crippen LogP contribution in [-0.2, 0) is 11.3 Å². The van der Waals surface area contributed by atoms with Crippen LogP contribution in [0, 0.1) is 0 Å². The first-order valence-electron chi connectivity index (χ1n) is 8.45. The van der Waals surface area contributed by atoms with Gasteiger partial charge in [-0.3, -0.25) is 19.4 Å². The van der Waals surface area contributed by atoms with Crippen LogP contribution in [0.2, 0.25) is 0 Å². The fourth-order valence-corrected chi connectivity index (χ4v) is 2.92. The maximum absolute atomic E-state index is 12.4. The van der Waals surface area contributed by atoms with Crippen molar-refractivity contribution in [1.29, 1.82) is 0 Å². The second-order valence-electron chi connectivity index (χ2n) is 6.06. The Morgan fingerprint density at radius 3 is 2.58 bits per heavy atom. The zero-order valence-electron chi connectivity index (χ0n) is 14.2. The molecule has 0 radical (unpaired) electrons. The zero-order valence-corrected chi connectivity index (χ0v) is 14.2. The summed E-state index contributed by atoms with van der Waals surface area (Å²) in [5.74, 6) is 0.0294. The Kier molecular flexibility index (Phi) is 5.35. The quantitative estimate of drug-likeness (QED) is 0.819. The van der Waals surface area contributed by atoms with Crippen molar-refractivity contribution in [2.24, 2.45) is 0 Å². The number of nitrogens with one attached hydrogen (secondary N) is 1. The van der Waals surface area contributed by atoms with Crippen molar-refractivity contribution in [3.63, 3.8) is 0 Å². The van der Waals surface area contributed by atoms with E-state index in [1.54, 1.807) is 21.9 Å². The molecule has 0 spiro atoms. The molecule has 2 aromatic rings. The van der Waals surface area contributed by atoms with Crippen molar-refractivity contribution >= 4 is 11.8 Å². The molecule has 1 N–H and O–H groups in total. The van der Waals surface area contributed by atoms with Crippen LogP contribution in [0.1, 0.15) is 23.4 Å². The van der Waals surface area contributed by atoms with Crippen molar-refractivity contribution < 1.29 is 14.0 Å². The molecular formula is C17H20N4O5. The van der Waals surface area contributed by atoms with Crippen LogP contribution in [-0.4, -0.2) is 57.3 Å². The van der Waals surface area contributed by atoms with Gasteiger partial charge >= 0.3 is 5.69 Å². The number of amides is 2. The van der Waals surface area contributed by atoms with Gasteiger partial charge in [-0.25, -0.2) is 4.79 Å². The normalized spacial score (nSPS) is 14.9. The van der Waals surface area contributed by atoms with Crippen LogP contribution in [0.25, 0.3) is 0 Å². The summed E-state index contributed by atoms with van der Waals surface area (Å²) in [6, 6.07) is 4.54. The third-order valence-corrected chi connectivity index (χ3v) is 4.33. The highest BCUT2D eigenvalue weighted by molar-refractivity contribution is 5.91. The van der Waals surface area contributed by atoms with Gasteiger partial charge in [0.15, 0.2) is 5.76 Å². The molecule has 1 saturated heterocycles. The Morgan fingerprint density at radius 2 is 1.85 bits per heavy atom. The SMILES string of the molecule is O=C(CCn1ccc(=O)[nH]c1=O)N1CCCN(C(=O)c2ccco2)CC1. The fourth-order valence-electron chi connectivity index (χ4n) is 2.92. The summed E-state index contributed by atoms with van der Waals surface area (Å²) in [7, 11) is 0. The standard InChI is InChI=1S/C17H20N4O5/c22-14-4-8-21(17(25)18-14)9-5-15(23)19-6-2-7-20(11-10-19)16(24)13-3-1-12-26-13/h1,3-4,8,12H,2,5-7,9-11H2,(H,18,22,25). The maximum atomic E-state index is 12.4. The fraction of sp³-hybridized carbons (Fsp3) is 0.412. The monoisotopic (exact) mass is 360 g/mol. The van der Waals surface area contributed by atoms with Crippen molar-refractivity contribution in [3.05, 3.63) is 57.3 Å². The summed E-state index contributed by atoms with van der Waals surface area (Å²) in [6.07, 6.45) is 3.66. The van der Waals surface area contributed by atoms with Gasteiger partial charge in [-0.1, -0.05) is 0 Å². The molecule has 0 atom stereocenters. The predicted molar refractivity (Wildman–Crippen MR) is 91.7 cm³/mol. The molecule has 0 unspecified atom stereocenters. The first kappa shape index (κ1) is 17.7. The zero-order chi connectivity index (χ0) is 18.5. The minimum absolute atomic E-state index is 0.0876. The molecule has 138 valence electrons. The first-order chi connectivity index (χ1) is 12.5. The number of aromatic amines is 1. The molecule has 1 fully saturated rings. The Labute approximate surface area is 148 Å². The molecule has 0 saturated carbocycles. The van der Waals surface area contributed by atoms with E-state index < -0.39 is 11.2 Å². The molecule has 0 bridgehead atoms. The van der Waals surface area contributed by atoms with Gasteiger partial charge < -0.3 is 18.8 Å². The number of rotatable bonds is 4. The van der Waals surface area contributed by atoms with Crippen molar-refractivity contribution in [2.45, 2.75) is 19.4 Å². The minimum atomic E-state index is -0.531. The molecule has 1 aliphatic rings. The minimum Gasteiger partial charge on any atom is -0.459 e. The molecule has 0 aromatic carbocycles. The lowest BCUT2D eigenvalue weighted by molar-refractivity contribution is -0.131. The molecule has 2 amide bonds. The van der Waals surface area contributed by atoms with Crippen molar-refractivity contribution in [2.75, 3.05) is 26.2 Å². The van der Waals surface area contributed by atoms with Crippen LogP contribution in [0.4, 0.5) is 0 Å². The van der Waals surface area contributed by atoms with Crippen molar-refractivity contribution in [3.8, 4) is 0 Å². The average Bonchev–Trinajstić information content (AvgIpc) is 3.04. The smallest absolute Gasteiger partial charge is 0.328 e. The highest BCUT2D eigenvalue weighted by Crippen LogP contribution is 2.10. The van der Waals surface area contributed by atoms with Gasteiger partial charge in [-0.2, -0.15) is 0 Å². The Balaban J connectivity index is 1.55. The maximum Gasteiger partial charge on any atom is 0.328 e. The molecular weight excluding hydrogens is 340 g/mol. The molecule has 1 aliphatic heterocycles. The molecule has 9 heteroatoms. The molecule has 3 heterocycles. The summed E-state index contributed by atoms with van der Waals surface area (Å²) in [5, 5.41) is 0. The highest BCUT2D eigenvalue weighted by Gasteiger charge is 2.23.